The Hall–Kier alpha value is -1.42. The molecule has 0 fully saturated rings. The SMILES string of the molecule is C#CCC(CC)c1ccc(OCCC)cc1. The highest BCUT2D eigenvalue weighted by Gasteiger charge is 2.07. The average molecular weight is 216 g/mol. The standard InChI is InChI=1S/C15H20O/c1-4-7-13(6-3)14-8-10-15(11-9-14)16-12-5-2/h1,8-11,13H,5-7,12H2,2-3H3. The minimum Gasteiger partial charge on any atom is -0.494 e. The van der Waals surface area contributed by atoms with Gasteiger partial charge in [0, 0.05) is 6.42 Å². The fourth-order valence-electron chi connectivity index (χ4n) is 1.70. The second-order valence-corrected chi connectivity index (χ2v) is 3.93. The van der Waals surface area contributed by atoms with Gasteiger partial charge in [-0.3, -0.25) is 0 Å². The zero-order chi connectivity index (χ0) is 11.8. The van der Waals surface area contributed by atoms with Gasteiger partial charge in [0.15, 0.2) is 0 Å². The molecule has 1 unspecified atom stereocenters. The minimum absolute atomic E-state index is 0.477. The lowest BCUT2D eigenvalue weighted by Gasteiger charge is -2.13. The molecule has 1 heteroatoms. The zero-order valence-corrected chi connectivity index (χ0v) is 10.2. The molecule has 0 N–H and O–H groups in total. The smallest absolute Gasteiger partial charge is 0.119 e. The van der Waals surface area contributed by atoms with E-state index >= 15 is 0 Å². The molecule has 86 valence electrons. The summed E-state index contributed by atoms with van der Waals surface area (Å²) in [6.45, 7) is 5.05. The molecule has 0 aliphatic rings. The lowest BCUT2D eigenvalue weighted by atomic mass is 9.94. The van der Waals surface area contributed by atoms with Crippen molar-refractivity contribution in [1.82, 2.24) is 0 Å². The highest BCUT2D eigenvalue weighted by atomic mass is 16.5. The van der Waals surface area contributed by atoms with Crippen molar-refractivity contribution >= 4 is 0 Å². The maximum Gasteiger partial charge on any atom is 0.119 e. The summed E-state index contributed by atoms with van der Waals surface area (Å²) in [6, 6.07) is 8.31. The molecule has 0 radical (unpaired) electrons. The molecule has 0 aliphatic heterocycles. The van der Waals surface area contributed by atoms with Crippen LogP contribution in [0.4, 0.5) is 0 Å². The van der Waals surface area contributed by atoms with Gasteiger partial charge in [-0.25, -0.2) is 0 Å². The maximum absolute atomic E-state index is 5.54. The largest absolute Gasteiger partial charge is 0.494 e. The fraction of sp³-hybridized carbons (Fsp3) is 0.467. The van der Waals surface area contributed by atoms with Gasteiger partial charge < -0.3 is 4.74 Å². The summed E-state index contributed by atoms with van der Waals surface area (Å²) in [4.78, 5) is 0. The molecule has 0 aliphatic carbocycles. The van der Waals surface area contributed by atoms with Gasteiger partial charge in [-0.05, 0) is 36.5 Å². The average Bonchev–Trinajstić information content (AvgIpc) is 2.34. The molecule has 0 saturated heterocycles. The van der Waals surface area contributed by atoms with Gasteiger partial charge in [0.25, 0.3) is 0 Å². The summed E-state index contributed by atoms with van der Waals surface area (Å²) in [5.74, 6) is 4.16. The number of hydrogen-bond donors (Lipinski definition) is 0. The van der Waals surface area contributed by atoms with Crippen LogP contribution in [0.15, 0.2) is 24.3 Å². The van der Waals surface area contributed by atoms with E-state index in [1.807, 2.05) is 12.1 Å². The van der Waals surface area contributed by atoms with Gasteiger partial charge >= 0.3 is 0 Å². The molecule has 1 aromatic rings. The van der Waals surface area contributed by atoms with Crippen LogP contribution in [0.3, 0.4) is 0 Å². The quantitative estimate of drug-likeness (QED) is 0.653. The van der Waals surface area contributed by atoms with Crippen LogP contribution in [0.1, 0.15) is 44.6 Å². The van der Waals surface area contributed by atoms with E-state index in [1.165, 1.54) is 5.56 Å². The Morgan fingerprint density at radius 1 is 1.25 bits per heavy atom. The molecule has 0 aromatic heterocycles. The van der Waals surface area contributed by atoms with E-state index in [2.05, 4.69) is 31.9 Å². The van der Waals surface area contributed by atoms with Crippen molar-refractivity contribution in [3.63, 3.8) is 0 Å². The molecule has 0 bridgehead atoms. The van der Waals surface area contributed by atoms with Crippen LogP contribution < -0.4 is 4.74 Å². The van der Waals surface area contributed by atoms with Gasteiger partial charge in [0.05, 0.1) is 6.61 Å². The van der Waals surface area contributed by atoms with Crippen LogP contribution in [0.25, 0.3) is 0 Å². The van der Waals surface area contributed by atoms with Crippen LogP contribution >= 0.6 is 0 Å². The first-order valence-corrected chi connectivity index (χ1v) is 5.98. The Morgan fingerprint density at radius 2 is 1.94 bits per heavy atom. The minimum atomic E-state index is 0.477. The van der Waals surface area contributed by atoms with Crippen LogP contribution in [0.2, 0.25) is 0 Å². The van der Waals surface area contributed by atoms with Gasteiger partial charge in [0.2, 0.25) is 0 Å². The van der Waals surface area contributed by atoms with E-state index in [4.69, 9.17) is 11.2 Å². The van der Waals surface area contributed by atoms with E-state index in [-0.39, 0.29) is 0 Å². The summed E-state index contributed by atoms with van der Waals surface area (Å²) in [5.41, 5.74) is 1.31. The summed E-state index contributed by atoms with van der Waals surface area (Å²) in [6.07, 6.45) is 8.30. The third-order valence-corrected chi connectivity index (χ3v) is 2.68. The van der Waals surface area contributed by atoms with Crippen molar-refractivity contribution in [2.24, 2.45) is 0 Å². The Bertz CT molecular complexity index is 331. The van der Waals surface area contributed by atoms with Gasteiger partial charge in [-0.15, -0.1) is 12.3 Å². The molecule has 1 aromatic carbocycles. The van der Waals surface area contributed by atoms with Crippen LogP contribution in [0, 0.1) is 12.3 Å². The van der Waals surface area contributed by atoms with E-state index in [0.29, 0.717) is 5.92 Å². The van der Waals surface area contributed by atoms with E-state index in [9.17, 15) is 0 Å². The summed E-state index contributed by atoms with van der Waals surface area (Å²) >= 11 is 0. The number of hydrogen-bond acceptors (Lipinski definition) is 1. The molecule has 0 heterocycles. The van der Waals surface area contributed by atoms with Crippen molar-refractivity contribution in [3.8, 4) is 18.1 Å². The normalized spacial score (nSPS) is 11.8. The van der Waals surface area contributed by atoms with Crippen LogP contribution in [-0.4, -0.2) is 6.61 Å². The first-order valence-electron chi connectivity index (χ1n) is 5.98. The van der Waals surface area contributed by atoms with E-state index < -0.39 is 0 Å². The first kappa shape index (κ1) is 12.6. The van der Waals surface area contributed by atoms with E-state index in [0.717, 1.165) is 31.6 Å². The molecule has 0 amide bonds. The second-order valence-electron chi connectivity index (χ2n) is 3.93. The summed E-state index contributed by atoms with van der Waals surface area (Å²) in [7, 11) is 0. The number of ether oxygens (including phenoxy) is 1. The number of rotatable bonds is 6. The van der Waals surface area contributed by atoms with Crippen molar-refractivity contribution in [1.29, 1.82) is 0 Å². The van der Waals surface area contributed by atoms with Crippen molar-refractivity contribution in [3.05, 3.63) is 29.8 Å². The highest BCUT2D eigenvalue weighted by Crippen LogP contribution is 2.24. The Labute approximate surface area is 98.8 Å². The Balaban J connectivity index is 2.66. The Morgan fingerprint density at radius 3 is 2.44 bits per heavy atom. The fourth-order valence-corrected chi connectivity index (χ4v) is 1.70. The maximum atomic E-state index is 5.54. The topological polar surface area (TPSA) is 9.23 Å². The van der Waals surface area contributed by atoms with Crippen molar-refractivity contribution in [2.75, 3.05) is 6.61 Å². The van der Waals surface area contributed by atoms with Crippen molar-refractivity contribution in [2.45, 2.75) is 39.0 Å². The lowest BCUT2D eigenvalue weighted by molar-refractivity contribution is 0.317. The second kappa shape index (κ2) is 6.95. The summed E-state index contributed by atoms with van der Waals surface area (Å²) < 4.78 is 5.54. The van der Waals surface area contributed by atoms with Gasteiger partial charge in [-0.1, -0.05) is 26.0 Å². The third-order valence-electron chi connectivity index (χ3n) is 2.68. The molecule has 1 atom stereocenters. The molecular weight excluding hydrogens is 196 g/mol. The van der Waals surface area contributed by atoms with E-state index in [1.54, 1.807) is 0 Å². The van der Waals surface area contributed by atoms with Gasteiger partial charge in [-0.2, -0.15) is 0 Å². The highest BCUT2D eigenvalue weighted by molar-refractivity contribution is 5.30. The third kappa shape index (κ3) is 3.62. The molecule has 1 nitrogen and oxygen atoms in total. The predicted molar refractivity (Wildman–Crippen MR) is 68.7 cm³/mol. The van der Waals surface area contributed by atoms with Crippen LogP contribution in [0.5, 0.6) is 5.75 Å². The molecular formula is C15H20O. The number of terminal acetylenes is 1. The molecule has 0 spiro atoms. The predicted octanol–water partition coefficient (Wildman–Crippen LogP) is 3.99. The first-order chi connectivity index (χ1) is 7.81. The lowest BCUT2D eigenvalue weighted by Crippen LogP contribution is -1.98. The van der Waals surface area contributed by atoms with Crippen molar-refractivity contribution < 1.29 is 4.74 Å². The Kier molecular flexibility index (Phi) is 5.50. The molecule has 16 heavy (non-hydrogen) atoms. The van der Waals surface area contributed by atoms with Crippen LogP contribution in [-0.2, 0) is 0 Å². The van der Waals surface area contributed by atoms with Gasteiger partial charge in [0.1, 0.15) is 5.75 Å². The molecule has 1 rings (SSSR count). The summed E-state index contributed by atoms with van der Waals surface area (Å²) in [5, 5.41) is 0. The molecule has 0 saturated carbocycles. The monoisotopic (exact) mass is 216 g/mol. The zero-order valence-electron chi connectivity index (χ0n) is 10.2. The number of benzene rings is 1.